The summed E-state index contributed by atoms with van der Waals surface area (Å²) in [6, 6.07) is 8.86. The predicted molar refractivity (Wildman–Crippen MR) is 83.6 cm³/mol. The van der Waals surface area contributed by atoms with Gasteiger partial charge in [-0.1, -0.05) is 23.7 Å². The number of nitro benzene ring substituents is 1. The maximum absolute atomic E-state index is 11.1. The highest BCUT2D eigenvalue weighted by molar-refractivity contribution is 6.33. The number of hydrogen-bond acceptors (Lipinski definition) is 5. The lowest BCUT2D eigenvalue weighted by molar-refractivity contribution is -0.385. The fourth-order valence-electron chi connectivity index (χ4n) is 1.93. The van der Waals surface area contributed by atoms with Crippen molar-refractivity contribution in [2.24, 2.45) is 4.99 Å². The van der Waals surface area contributed by atoms with Crippen molar-refractivity contribution in [3.8, 4) is 5.75 Å². The molecule has 0 bridgehead atoms. The van der Waals surface area contributed by atoms with Gasteiger partial charge in [-0.15, -0.1) is 0 Å². The van der Waals surface area contributed by atoms with Gasteiger partial charge in [-0.25, -0.2) is 4.79 Å². The Kier molecular flexibility index (Phi) is 4.22. The van der Waals surface area contributed by atoms with Crippen LogP contribution in [0.2, 0.25) is 0 Å². The monoisotopic (exact) mass is 298 g/mol. The summed E-state index contributed by atoms with van der Waals surface area (Å²) in [6.07, 6.45) is 1.21. The third-order valence-corrected chi connectivity index (χ3v) is 2.94. The number of nitro groups is 1. The van der Waals surface area contributed by atoms with Gasteiger partial charge >= 0.3 is 11.7 Å². The molecule has 0 aliphatic heterocycles. The van der Waals surface area contributed by atoms with Crippen molar-refractivity contribution >= 4 is 36.9 Å². The Morgan fingerprint density at radius 1 is 1.32 bits per heavy atom. The molecule has 0 amide bonds. The zero-order valence-corrected chi connectivity index (χ0v) is 11.6. The number of carboxylic acid groups (broad SMARTS) is 1. The number of aromatic carboxylic acids is 1. The molecule has 2 rings (SSSR count). The second-order valence-corrected chi connectivity index (χ2v) is 4.56. The minimum absolute atomic E-state index is 0.000363. The van der Waals surface area contributed by atoms with Crippen LogP contribution < -0.4 is 5.46 Å². The summed E-state index contributed by atoms with van der Waals surface area (Å²) < 4.78 is 0. The van der Waals surface area contributed by atoms with Crippen LogP contribution in [0.25, 0.3) is 0 Å². The number of carbonyl (C=O) groups is 1. The Labute approximate surface area is 126 Å². The van der Waals surface area contributed by atoms with E-state index in [4.69, 9.17) is 5.11 Å². The zero-order chi connectivity index (χ0) is 16.3. The molecule has 2 N–H and O–H groups in total. The van der Waals surface area contributed by atoms with E-state index in [9.17, 15) is 20.0 Å². The number of aromatic hydroxyl groups is 1. The molecule has 0 fully saturated rings. The van der Waals surface area contributed by atoms with E-state index < -0.39 is 22.3 Å². The summed E-state index contributed by atoms with van der Waals surface area (Å²) in [7, 11) is 1.65. The van der Waals surface area contributed by atoms with E-state index in [-0.39, 0.29) is 16.8 Å². The molecule has 0 spiro atoms. The molecule has 0 aromatic heterocycles. The minimum Gasteiger partial charge on any atom is -0.502 e. The molecule has 2 aromatic carbocycles. The van der Waals surface area contributed by atoms with Gasteiger partial charge < -0.3 is 10.2 Å². The molecule has 7 nitrogen and oxygen atoms in total. The lowest BCUT2D eigenvalue weighted by atomic mass is 9.93. The molecule has 0 radical (unpaired) electrons. The number of phenolic OH excluding ortho intramolecular Hbond substituents is 1. The predicted octanol–water partition coefficient (Wildman–Crippen LogP) is 1.01. The maximum Gasteiger partial charge on any atom is 0.337 e. The van der Waals surface area contributed by atoms with E-state index in [1.165, 1.54) is 30.5 Å². The van der Waals surface area contributed by atoms with Gasteiger partial charge in [-0.2, -0.15) is 0 Å². The largest absolute Gasteiger partial charge is 0.502 e. The highest BCUT2D eigenvalue weighted by atomic mass is 16.6. The Morgan fingerprint density at radius 3 is 2.64 bits per heavy atom. The highest BCUT2D eigenvalue weighted by Crippen LogP contribution is 2.28. The normalized spacial score (nSPS) is 10.7. The third-order valence-electron chi connectivity index (χ3n) is 2.94. The third kappa shape index (κ3) is 3.12. The molecule has 0 unspecified atom stereocenters. The van der Waals surface area contributed by atoms with Crippen molar-refractivity contribution in [3.63, 3.8) is 0 Å². The molecule has 8 heteroatoms. The first-order chi connectivity index (χ1) is 10.4. The number of phenols is 1. The van der Waals surface area contributed by atoms with Crippen molar-refractivity contribution in [2.75, 3.05) is 0 Å². The average molecular weight is 298 g/mol. The molecular weight excluding hydrogens is 287 g/mol. The number of carboxylic acids is 1. The van der Waals surface area contributed by atoms with Crippen LogP contribution in [0.4, 0.5) is 11.4 Å². The second-order valence-electron chi connectivity index (χ2n) is 4.56. The summed E-state index contributed by atoms with van der Waals surface area (Å²) in [6.45, 7) is 0. The first-order valence-corrected chi connectivity index (χ1v) is 6.24. The minimum atomic E-state index is -1.13. The molecule has 0 heterocycles. The van der Waals surface area contributed by atoms with Crippen LogP contribution >= 0.6 is 0 Å². The van der Waals surface area contributed by atoms with Crippen molar-refractivity contribution in [2.45, 2.75) is 0 Å². The van der Waals surface area contributed by atoms with Gasteiger partial charge in [-0.05, 0) is 12.1 Å². The highest BCUT2D eigenvalue weighted by Gasteiger charge is 2.17. The summed E-state index contributed by atoms with van der Waals surface area (Å²) in [4.78, 5) is 25.3. The Morgan fingerprint density at radius 2 is 2.00 bits per heavy atom. The lowest BCUT2D eigenvalue weighted by Crippen LogP contribution is -2.06. The van der Waals surface area contributed by atoms with E-state index >= 15 is 0 Å². The molecule has 110 valence electrons. The standard InChI is InChI=1S/C14H11BN2O5/c15-9-5-8(13(18)12(6-9)17(21)22)7-16-11-4-2-1-3-10(11)14(19)20/h1-7,18H,15H2,(H,19,20)/b16-7+. The van der Waals surface area contributed by atoms with Gasteiger partial charge in [0.15, 0.2) is 0 Å². The van der Waals surface area contributed by atoms with Gasteiger partial charge in [0.2, 0.25) is 5.75 Å². The topological polar surface area (TPSA) is 113 Å². The smallest absolute Gasteiger partial charge is 0.337 e. The van der Waals surface area contributed by atoms with Gasteiger partial charge in [0.05, 0.1) is 16.2 Å². The van der Waals surface area contributed by atoms with Crippen LogP contribution in [0.5, 0.6) is 5.75 Å². The van der Waals surface area contributed by atoms with E-state index in [0.717, 1.165) is 0 Å². The molecule has 2 aromatic rings. The Balaban J connectivity index is 2.48. The fraction of sp³-hybridized carbons (Fsp3) is 0. The van der Waals surface area contributed by atoms with Crippen molar-refractivity contribution < 1.29 is 19.9 Å². The van der Waals surface area contributed by atoms with E-state index in [2.05, 4.69) is 4.99 Å². The molecule has 0 saturated heterocycles. The zero-order valence-electron chi connectivity index (χ0n) is 11.6. The van der Waals surface area contributed by atoms with Crippen LogP contribution in [-0.2, 0) is 0 Å². The molecule has 0 saturated carbocycles. The number of para-hydroxylation sites is 1. The SMILES string of the molecule is Bc1cc(/C=N/c2ccccc2C(=O)O)c(O)c([N+](=O)[O-])c1. The van der Waals surface area contributed by atoms with Crippen LogP contribution in [0.1, 0.15) is 15.9 Å². The molecular formula is C14H11BN2O5. The first kappa shape index (κ1) is 15.2. The van der Waals surface area contributed by atoms with Crippen LogP contribution in [-0.4, -0.2) is 35.2 Å². The average Bonchev–Trinajstić information content (AvgIpc) is 2.47. The van der Waals surface area contributed by atoms with Crippen molar-refractivity contribution in [1.29, 1.82) is 0 Å². The van der Waals surface area contributed by atoms with Gasteiger partial charge in [0.25, 0.3) is 0 Å². The fourth-order valence-corrected chi connectivity index (χ4v) is 1.93. The van der Waals surface area contributed by atoms with Crippen molar-refractivity contribution in [3.05, 3.63) is 57.6 Å². The first-order valence-electron chi connectivity index (χ1n) is 6.24. The van der Waals surface area contributed by atoms with Gasteiger partial charge in [0, 0.05) is 17.8 Å². The van der Waals surface area contributed by atoms with E-state index in [1.807, 2.05) is 0 Å². The number of hydrogen-bond donors (Lipinski definition) is 2. The second kappa shape index (κ2) is 6.09. The van der Waals surface area contributed by atoms with Crippen LogP contribution in [0, 0.1) is 10.1 Å². The number of aliphatic imine (C=N–C) groups is 1. The number of rotatable bonds is 4. The Bertz CT molecular complexity index is 789. The summed E-state index contributed by atoms with van der Waals surface area (Å²) in [5.41, 5.74) is 0.497. The molecule has 22 heavy (non-hydrogen) atoms. The van der Waals surface area contributed by atoms with Crippen LogP contribution in [0.15, 0.2) is 41.4 Å². The summed E-state index contributed by atoms with van der Waals surface area (Å²) in [5.74, 6) is -1.64. The summed E-state index contributed by atoms with van der Waals surface area (Å²) >= 11 is 0. The van der Waals surface area contributed by atoms with E-state index in [0.29, 0.717) is 5.46 Å². The molecule has 0 aliphatic carbocycles. The van der Waals surface area contributed by atoms with Crippen molar-refractivity contribution in [1.82, 2.24) is 0 Å². The quantitative estimate of drug-likeness (QED) is 0.378. The molecule has 0 atom stereocenters. The summed E-state index contributed by atoms with van der Waals surface area (Å²) in [5, 5.41) is 29.8. The van der Waals surface area contributed by atoms with Gasteiger partial charge in [0.1, 0.15) is 7.85 Å². The van der Waals surface area contributed by atoms with E-state index in [1.54, 1.807) is 20.0 Å². The Hall–Kier alpha value is -3.16. The van der Waals surface area contributed by atoms with Crippen LogP contribution in [0.3, 0.4) is 0 Å². The number of nitrogens with zero attached hydrogens (tertiary/aromatic N) is 2. The molecule has 0 aliphatic rings. The van der Waals surface area contributed by atoms with Gasteiger partial charge in [-0.3, -0.25) is 15.1 Å². The maximum atomic E-state index is 11.1. The lowest BCUT2D eigenvalue weighted by Gasteiger charge is -2.03. The number of benzene rings is 2.